The fraction of sp³-hybridized carbons (Fsp3) is 0.0476. The van der Waals surface area contributed by atoms with Gasteiger partial charge >= 0.3 is 6.03 Å². The zero-order valence-electron chi connectivity index (χ0n) is 16.3. The molecule has 3 N–H and O–H groups in total. The molecule has 0 spiro atoms. The van der Waals surface area contributed by atoms with Crippen molar-refractivity contribution in [3.8, 4) is 11.3 Å². The normalized spacial score (nSPS) is 10.5. The van der Waals surface area contributed by atoms with Gasteiger partial charge in [0.25, 0.3) is 0 Å². The van der Waals surface area contributed by atoms with Crippen molar-refractivity contribution in [1.29, 1.82) is 0 Å². The zero-order valence-corrected chi connectivity index (χ0v) is 17.9. The average molecular weight is 482 g/mol. The van der Waals surface area contributed by atoms with E-state index in [1.54, 1.807) is 48.3 Å². The second kappa shape index (κ2) is 8.92. The van der Waals surface area contributed by atoms with E-state index in [2.05, 4.69) is 46.9 Å². The summed E-state index contributed by atoms with van der Waals surface area (Å²) in [5.41, 5.74) is 2.66. The van der Waals surface area contributed by atoms with Crippen LogP contribution in [0.1, 0.15) is 0 Å². The Bertz CT molecular complexity index is 1230. The van der Waals surface area contributed by atoms with Crippen molar-refractivity contribution in [1.82, 2.24) is 19.7 Å². The van der Waals surface area contributed by atoms with Crippen LogP contribution in [-0.4, -0.2) is 25.8 Å². The Morgan fingerprint density at radius 1 is 1.03 bits per heavy atom. The fourth-order valence-electron chi connectivity index (χ4n) is 2.79. The summed E-state index contributed by atoms with van der Waals surface area (Å²) in [4.78, 5) is 20.4. The number of nitrogens with zero attached hydrogens (tertiary/aromatic N) is 4. The molecule has 0 unspecified atom stereocenters. The minimum absolute atomic E-state index is 0.160. The Morgan fingerprint density at radius 2 is 1.77 bits per heavy atom. The van der Waals surface area contributed by atoms with E-state index in [-0.39, 0.29) is 17.7 Å². The summed E-state index contributed by atoms with van der Waals surface area (Å²) in [6.07, 6.45) is 4.32. The van der Waals surface area contributed by atoms with Crippen LogP contribution in [-0.2, 0) is 7.05 Å². The molecule has 2 aromatic heterocycles. The molecule has 4 aromatic rings. The lowest BCUT2D eigenvalue weighted by Crippen LogP contribution is -2.19. The van der Waals surface area contributed by atoms with Gasteiger partial charge in [-0.25, -0.2) is 19.2 Å². The first kappa shape index (κ1) is 20.5. The molecule has 31 heavy (non-hydrogen) atoms. The van der Waals surface area contributed by atoms with Gasteiger partial charge in [0.05, 0.1) is 18.1 Å². The number of nitrogens with one attached hydrogen (secondary N) is 3. The molecule has 0 atom stereocenters. The third-order valence-corrected chi connectivity index (χ3v) is 4.93. The molecule has 10 heteroatoms. The molecule has 156 valence electrons. The molecule has 0 aliphatic heterocycles. The largest absolute Gasteiger partial charge is 0.324 e. The van der Waals surface area contributed by atoms with Crippen molar-refractivity contribution in [3.63, 3.8) is 0 Å². The number of benzene rings is 2. The Morgan fingerprint density at radius 3 is 2.48 bits per heavy atom. The van der Waals surface area contributed by atoms with E-state index in [1.165, 1.54) is 6.20 Å². The number of urea groups is 1. The lowest BCUT2D eigenvalue weighted by atomic mass is 10.2. The molecule has 2 aromatic carbocycles. The maximum Gasteiger partial charge on any atom is 0.323 e. The van der Waals surface area contributed by atoms with E-state index in [0.717, 1.165) is 10.7 Å². The molecule has 4 rings (SSSR count). The molecule has 0 saturated carbocycles. The van der Waals surface area contributed by atoms with Crippen LogP contribution in [0.15, 0.2) is 71.6 Å². The highest BCUT2D eigenvalue weighted by molar-refractivity contribution is 9.10. The van der Waals surface area contributed by atoms with Crippen molar-refractivity contribution in [2.75, 3.05) is 16.0 Å². The monoisotopic (exact) mass is 481 g/mol. The molecule has 2 amide bonds. The summed E-state index contributed by atoms with van der Waals surface area (Å²) in [6.45, 7) is 0. The van der Waals surface area contributed by atoms with Gasteiger partial charge in [-0.05, 0) is 52.3 Å². The number of carbonyl (C=O) groups is 1. The number of hydrogen-bond acceptors (Lipinski definition) is 5. The molecular weight excluding hydrogens is 465 g/mol. The van der Waals surface area contributed by atoms with Crippen LogP contribution in [0, 0.1) is 5.82 Å². The highest BCUT2D eigenvalue weighted by atomic mass is 79.9. The Labute approximate surface area is 185 Å². The number of aromatic nitrogens is 4. The first-order chi connectivity index (χ1) is 15.0. The highest BCUT2D eigenvalue weighted by Crippen LogP contribution is 2.24. The summed E-state index contributed by atoms with van der Waals surface area (Å²) in [5, 5.41) is 12.6. The van der Waals surface area contributed by atoms with Crippen molar-refractivity contribution in [2.45, 2.75) is 0 Å². The number of hydrogen-bond donors (Lipinski definition) is 3. The van der Waals surface area contributed by atoms with Crippen LogP contribution in [0.5, 0.6) is 0 Å². The third-order valence-electron chi connectivity index (χ3n) is 4.24. The summed E-state index contributed by atoms with van der Waals surface area (Å²) in [5.74, 6) is -0.290. The standard InChI is InChI=1S/C21H17BrFN7O/c1-30-12-13(10-25-30)19-17(23)11-24-20(29-19)26-14-6-8-15(9-7-14)27-21(31)28-18-5-3-2-4-16(18)22/h2-12H,1H3,(H,24,26,29)(H2,27,28,31). The first-order valence-electron chi connectivity index (χ1n) is 9.19. The van der Waals surface area contributed by atoms with Gasteiger partial charge in [0, 0.05) is 34.7 Å². The molecule has 0 radical (unpaired) electrons. The second-order valence-corrected chi connectivity index (χ2v) is 7.41. The van der Waals surface area contributed by atoms with Crippen molar-refractivity contribution >= 4 is 45.0 Å². The average Bonchev–Trinajstić information content (AvgIpc) is 3.18. The van der Waals surface area contributed by atoms with Gasteiger partial charge in [-0.15, -0.1) is 0 Å². The molecule has 0 fully saturated rings. The smallest absolute Gasteiger partial charge is 0.323 e. The predicted octanol–water partition coefficient (Wildman–Crippen LogP) is 5.17. The van der Waals surface area contributed by atoms with Gasteiger partial charge in [-0.2, -0.15) is 5.10 Å². The number of amides is 2. The topological polar surface area (TPSA) is 96.8 Å². The minimum Gasteiger partial charge on any atom is -0.324 e. The van der Waals surface area contributed by atoms with E-state index >= 15 is 0 Å². The number of anilines is 4. The Hall–Kier alpha value is -3.79. The Kier molecular flexibility index (Phi) is 5.89. The van der Waals surface area contributed by atoms with E-state index in [4.69, 9.17) is 0 Å². The minimum atomic E-state index is -0.533. The van der Waals surface area contributed by atoms with Crippen LogP contribution in [0.3, 0.4) is 0 Å². The van der Waals surface area contributed by atoms with Crippen LogP contribution in [0.4, 0.5) is 32.2 Å². The van der Waals surface area contributed by atoms with Crippen molar-refractivity contribution in [3.05, 3.63) is 77.4 Å². The molecule has 0 saturated heterocycles. The fourth-order valence-corrected chi connectivity index (χ4v) is 3.17. The maximum absolute atomic E-state index is 14.1. The van der Waals surface area contributed by atoms with E-state index in [1.807, 2.05) is 18.2 Å². The first-order valence-corrected chi connectivity index (χ1v) is 9.98. The molecular formula is C21H17BrFN7O. The van der Waals surface area contributed by atoms with Gasteiger partial charge in [0.1, 0.15) is 5.69 Å². The number of para-hydroxylation sites is 1. The van der Waals surface area contributed by atoms with Crippen LogP contribution in [0.2, 0.25) is 0 Å². The van der Waals surface area contributed by atoms with Crippen molar-refractivity contribution < 1.29 is 9.18 Å². The lowest BCUT2D eigenvalue weighted by Gasteiger charge is -2.10. The van der Waals surface area contributed by atoms with Crippen molar-refractivity contribution in [2.24, 2.45) is 7.05 Å². The van der Waals surface area contributed by atoms with E-state index < -0.39 is 5.82 Å². The molecule has 8 nitrogen and oxygen atoms in total. The summed E-state index contributed by atoms with van der Waals surface area (Å²) >= 11 is 3.39. The molecule has 0 aliphatic carbocycles. The van der Waals surface area contributed by atoms with E-state index in [0.29, 0.717) is 22.6 Å². The summed E-state index contributed by atoms with van der Waals surface area (Å²) in [7, 11) is 1.75. The highest BCUT2D eigenvalue weighted by Gasteiger charge is 2.12. The summed E-state index contributed by atoms with van der Waals surface area (Å²) in [6, 6.07) is 13.9. The van der Waals surface area contributed by atoms with Gasteiger partial charge < -0.3 is 16.0 Å². The summed E-state index contributed by atoms with van der Waals surface area (Å²) < 4.78 is 16.5. The number of halogens is 2. The predicted molar refractivity (Wildman–Crippen MR) is 121 cm³/mol. The number of carbonyl (C=O) groups excluding carboxylic acids is 1. The van der Waals surface area contributed by atoms with E-state index in [9.17, 15) is 9.18 Å². The van der Waals surface area contributed by atoms with Gasteiger partial charge in [0.15, 0.2) is 5.82 Å². The molecule has 2 heterocycles. The number of aryl methyl sites for hydroxylation is 1. The quantitative estimate of drug-likeness (QED) is 0.365. The van der Waals surface area contributed by atoms with Crippen LogP contribution < -0.4 is 16.0 Å². The van der Waals surface area contributed by atoms with Crippen LogP contribution in [0.25, 0.3) is 11.3 Å². The zero-order chi connectivity index (χ0) is 21.8. The van der Waals surface area contributed by atoms with Gasteiger partial charge in [-0.3, -0.25) is 4.68 Å². The second-order valence-electron chi connectivity index (χ2n) is 6.55. The van der Waals surface area contributed by atoms with Gasteiger partial charge in [0.2, 0.25) is 5.95 Å². The number of rotatable bonds is 5. The van der Waals surface area contributed by atoms with Gasteiger partial charge in [-0.1, -0.05) is 12.1 Å². The molecule has 0 aliphatic rings. The SMILES string of the molecule is Cn1cc(-c2nc(Nc3ccc(NC(=O)Nc4ccccc4Br)cc3)ncc2F)cn1. The Balaban J connectivity index is 1.42. The lowest BCUT2D eigenvalue weighted by molar-refractivity contribution is 0.262. The third kappa shape index (κ3) is 5.04. The molecule has 0 bridgehead atoms. The van der Waals surface area contributed by atoms with Crippen LogP contribution >= 0.6 is 15.9 Å². The maximum atomic E-state index is 14.1.